The number of rotatable bonds is 17. The van der Waals surface area contributed by atoms with Gasteiger partial charge in [-0.25, -0.2) is 4.79 Å². The molecule has 0 aliphatic heterocycles. The fourth-order valence-corrected chi connectivity index (χ4v) is 2.81. The van der Waals surface area contributed by atoms with E-state index in [1.165, 1.54) is 0 Å². The van der Waals surface area contributed by atoms with E-state index in [1.807, 2.05) is 0 Å². The van der Waals surface area contributed by atoms with Crippen molar-refractivity contribution < 1.29 is 39.0 Å². The fourth-order valence-electron chi connectivity index (χ4n) is 2.81. The molecule has 0 radical (unpaired) electrons. The molecule has 0 saturated heterocycles. The molecule has 14 heteroatoms. The standard InChI is InChI=1S/C20H36N6O8/c1-10(2)16(23)19(32)25-11(5-3-4-8-21)17(30)24-12(6-7-15(28)29)18(31)26-13(20(33)34)9-14(22)27/h10-13,16H,3-9,21,23H2,1-2H3,(H2,22,27)(H,24,30)(H,25,32)(H,26,31)(H,28,29)(H,33,34). The molecule has 4 unspecified atom stereocenters. The van der Waals surface area contributed by atoms with Crippen LogP contribution < -0.4 is 33.2 Å². The molecule has 4 amide bonds. The van der Waals surface area contributed by atoms with Gasteiger partial charge in [0.2, 0.25) is 23.6 Å². The maximum atomic E-state index is 12.9. The first-order valence-corrected chi connectivity index (χ1v) is 10.9. The Balaban J connectivity index is 5.60. The molecule has 0 spiro atoms. The minimum absolute atomic E-state index is 0.173. The molecule has 0 fully saturated rings. The molecule has 0 rings (SSSR count). The zero-order chi connectivity index (χ0) is 26.4. The quantitative estimate of drug-likeness (QED) is 0.0988. The second-order valence-electron chi connectivity index (χ2n) is 8.18. The van der Waals surface area contributed by atoms with Gasteiger partial charge in [0.15, 0.2) is 0 Å². The average molecular weight is 489 g/mol. The zero-order valence-electron chi connectivity index (χ0n) is 19.4. The zero-order valence-corrected chi connectivity index (χ0v) is 19.4. The third kappa shape index (κ3) is 12.1. The van der Waals surface area contributed by atoms with E-state index in [0.717, 1.165) is 0 Å². The number of hydrogen-bond acceptors (Lipinski definition) is 8. The molecule has 0 aliphatic carbocycles. The smallest absolute Gasteiger partial charge is 0.326 e. The first kappa shape index (κ1) is 30.7. The summed E-state index contributed by atoms with van der Waals surface area (Å²) in [7, 11) is 0. The van der Waals surface area contributed by atoms with Crippen molar-refractivity contribution in [2.45, 2.75) is 76.5 Å². The monoisotopic (exact) mass is 488 g/mol. The van der Waals surface area contributed by atoms with Crippen LogP contribution in [0.1, 0.15) is 52.4 Å². The Labute approximate surface area is 197 Å². The van der Waals surface area contributed by atoms with Gasteiger partial charge >= 0.3 is 11.9 Å². The molecule has 0 heterocycles. The molecule has 0 aliphatic rings. The first-order chi connectivity index (χ1) is 15.8. The Hall–Kier alpha value is -3.26. The SMILES string of the molecule is CC(C)C(N)C(=O)NC(CCCCN)C(=O)NC(CCC(=O)O)C(=O)NC(CC(N)=O)C(=O)O. The minimum atomic E-state index is -1.67. The van der Waals surface area contributed by atoms with Gasteiger partial charge < -0.3 is 43.4 Å². The number of carboxylic acids is 2. The van der Waals surface area contributed by atoms with E-state index in [9.17, 15) is 33.9 Å². The molecule has 0 aromatic rings. The van der Waals surface area contributed by atoms with Crippen molar-refractivity contribution in [1.29, 1.82) is 0 Å². The maximum absolute atomic E-state index is 12.9. The van der Waals surface area contributed by atoms with Crippen LogP contribution in [0.5, 0.6) is 0 Å². The molecule has 4 atom stereocenters. The first-order valence-electron chi connectivity index (χ1n) is 10.9. The van der Waals surface area contributed by atoms with Crippen molar-refractivity contribution >= 4 is 35.6 Å². The molecule has 194 valence electrons. The predicted octanol–water partition coefficient (Wildman–Crippen LogP) is -2.62. The molecule has 0 aromatic carbocycles. The van der Waals surface area contributed by atoms with Crippen molar-refractivity contribution in [3.05, 3.63) is 0 Å². The highest BCUT2D eigenvalue weighted by Crippen LogP contribution is 2.07. The summed E-state index contributed by atoms with van der Waals surface area (Å²) in [6.45, 7) is 3.81. The van der Waals surface area contributed by atoms with Gasteiger partial charge in [-0.3, -0.25) is 24.0 Å². The molecule has 34 heavy (non-hydrogen) atoms. The topological polar surface area (TPSA) is 257 Å². The lowest BCUT2D eigenvalue weighted by Crippen LogP contribution is -2.57. The number of aliphatic carboxylic acids is 2. The van der Waals surface area contributed by atoms with E-state index >= 15 is 0 Å². The summed E-state index contributed by atoms with van der Waals surface area (Å²) in [6.07, 6.45) is -0.388. The van der Waals surface area contributed by atoms with Crippen LogP contribution in [0.3, 0.4) is 0 Å². The van der Waals surface area contributed by atoms with Crippen LogP contribution in [-0.2, 0) is 28.8 Å². The normalized spacial score (nSPS) is 14.4. The maximum Gasteiger partial charge on any atom is 0.326 e. The van der Waals surface area contributed by atoms with E-state index in [4.69, 9.17) is 22.3 Å². The van der Waals surface area contributed by atoms with E-state index in [-0.39, 0.29) is 18.8 Å². The highest BCUT2D eigenvalue weighted by Gasteiger charge is 2.31. The number of carbonyl (C=O) groups is 6. The van der Waals surface area contributed by atoms with Crippen molar-refractivity contribution in [3.8, 4) is 0 Å². The van der Waals surface area contributed by atoms with Crippen LogP contribution in [0.15, 0.2) is 0 Å². The number of unbranched alkanes of at least 4 members (excludes halogenated alkanes) is 1. The predicted molar refractivity (Wildman–Crippen MR) is 120 cm³/mol. The molecule has 14 nitrogen and oxygen atoms in total. The Bertz CT molecular complexity index is 745. The number of carboxylic acid groups (broad SMARTS) is 2. The second kappa shape index (κ2) is 15.6. The van der Waals surface area contributed by atoms with Crippen LogP contribution in [0.4, 0.5) is 0 Å². The van der Waals surface area contributed by atoms with Crippen LogP contribution >= 0.6 is 0 Å². The van der Waals surface area contributed by atoms with Crippen LogP contribution in [0.25, 0.3) is 0 Å². The Kier molecular flexibility index (Phi) is 14.1. The van der Waals surface area contributed by atoms with Gasteiger partial charge in [-0.15, -0.1) is 0 Å². The molecular formula is C20H36N6O8. The third-order valence-corrected chi connectivity index (χ3v) is 4.90. The lowest BCUT2D eigenvalue weighted by molar-refractivity contribution is -0.144. The summed E-state index contributed by atoms with van der Waals surface area (Å²) in [5.41, 5.74) is 16.3. The lowest BCUT2D eigenvalue weighted by atomic mass is 10.0. The average Bonchev–Trinajstić information content (AvgIpc) is 2.73. The Morgan fingerprint density at radius 3 is 1.74 bits per heavy atom. The highest BCUT2D eigenvalue weighted by atomic mass is 16.4. The fraction of sp³-hybridized carbons (Fsp3) is 0.700. The highest BCUT2D eigenvalue weighted by molar-refractivity contribution is 5.95. The van der Waals surface area contributed by atoms with Gasteiger partial charge in [0.25, 0.3) is 0 Å². The molecule has 0 bridgehead atoms. The van der Waals surface area contributed by atoms with Crippen LogP contribution in [0, 0.1) is 5.92 Å². The Morgan fingerprint density at radius 2 is 1.29 bits per heavy atom. The summed E-state index contributed by atoms with van der Waals surface area (Å²) in [5, 5.41) is 25.1. The summed E-state index contributed by atoms with van der Waals surface area (Å²) in [6, 6.07) is -5.10. The van der Waals surface area contributed by atoms with Gasteiger partial charge in [-0.1, -0.05) is 13.8 Å². The van der Waals surface area contributed by atoms with Crippen molar-refractivity contribution in [3.63, 3.8) is 0 Å². The largest absolute Gasteiger partial charge is 0.481 e. The summed E-state index contributed by atoms with van der Waals surface area (Å²) in [5.74, 6) is -6.37. The van der Waals surface area contributed by atoms with Gasteiger partial charge in [-0.2, -0.15) is 0 Å². The second-order valence-corrected chi connectivity index (χ2v) is 8.18. The van der Waals surface area contributed by atoms with Gasteiger partial charge in [0, 0.05) is 6.42 Å². The van der Waals surface area contributed by atoms with Gasteiger partial charge in [-0.05, 0) is 38.1 Å². The van der Waals surface area contributed by atoms with Crippen molar-refractivity contribution in [1.82, 2.24) is 16.0 Å². The van der Waals surface area contributed by atoms with E-state index < -0.39 is 72.6 Å². The van der Waals surface area contributed by atoms with Crippen molar-refractivity contribution in [2.75, 3.05) is 6.54 Å². The summed E-state index contributed by atoms with van der Waals surface area (Å²) < 4.78 is 0. The van der Waals surface area contributed by atoms with Crippen LogP contribution in [0.2, 0.25) is 0 Å². The number of amides is 4. The van der Waals surface area contributed by atoms with E-state index in [2.05, 4.69) is 16.0 Å². The number of carbonyl (C=O) groups excluding carboxylic acids is 4. The number of nitrogens with two attached hydrogens (primary N) is 3. The molecule has 0 aromatic heterocycles. The molecule has 11 N–H and O–H groups in total. The van der Waals surface area contributed by atoms with Gasteiger partial charge in [0.05, 0.1) is 12.5 Å². The number of hydrogen-bond donors (Lipinski definition) is 8. The summed E-state index contributed by atoms with van der Waals surface area (Å²) >= 11 is 0. The molecular weight excluding hydrogens is 452 g/mol. The minimum Gasteiger partial charge on any atom is -0.481 e. The third-order valence-electron chi connectivity index (χ3n) is 4.90. The van der Waals surface area contributed by atoms with Crippen LogP contribution in [-0.4, -0.2) is 76.5 Å². The van der Waals surface area contributed by atoms with E-state index in [1.54, 1.807) is 13.8 Å². The van der Waals surface area contributed by atoms with Gasteiger partial charge in [0.1, 0.15) is 18.1 Å². The Morgan fingerprint density at radius 1 is 0.794 bits per heavy atom. The lowest BCUT2D eigenvalue weighted by Gasteiger charge is -2.25. The number of nitrogens with one attached hydrogen (secondary N) is 3. The number of primary amides is 1. The van der Waals surface area contributed by atoms with E-state index in [0.29, 0.717) is 19.4 Å². The molecule has 0 saturated carbocycles. The van der Waals surface area contributed by atoms with Crippen molar-refractivity contribution in [2.24, 2.45) is 23.1 Å². The summed E-state index contributed by atoms with van der Waals surface area (Å²) in [4.78, 5) is 71.3.